The van der Waals surface area contributed by atoms with Crippen molar-refractivity contribution in [1.29, 1.82) is 0 Å². The van der Waals surface area contributed by atoms with Gasteiger partial charge in [-0.2, -0.15) is 0 Å². The first-order valence-electron chi connectivity index (χ1n) is 8.60. The van der Waals surface area contributed by atoms with Gasteiger partial charge in [-0.3, -0.25) is 9.89 Å². The normalized spacial score (nSPS) is 11.5. The molecule has 8 nitrogen and oxygen atoms in total. The summed E-state index contributed by atoms with van der Waals surface area (Å²) in [5.74, 6) is 1.59. The number of thiophene rings is 1. The third kappa shape index (κ3) is 6.39. The van der Waals surface area contributed by atoms with Crippen LogP contribution in [-0.2, 0) is 16.4 Å². The Morgan fingerprint density at radius 1 is 1.24 bits per heavy atom. The largest absolute Gasteiger partial charge is 0.497 e. The van der Waals surface area contributed by atoms with Crippen molar-refractivity contribution in [3.05, 3.63) is 46.2 Å². The summed E-state index contributed by atoms with van der Waals surface area (Å²) >= 11 is 2.64. The van der Waals surface area contributed by atoms with E-state index in [1.165, 1.54) is 23.1 Å². The Labute approximate surface area is 177 Å². The lowest BCUT2D eigenvalue weighted by molar-refractivity contribution is 0.102. The van der Waals surface area contributed by atoms with Crippen molar-refractivity contribution < 1.29 is 17.9 Å². The minimum absolute atomic E-state index is 0.0156. The van der Waals surface area contributed by atoms with Crippen LogP contribution in [0, 0.1) is 0 Å². The number of aromatic nitrogens is 3. The van der Waals surface area contributed by atoms with Crippen molar-refractivity contribution in [2.24, 2.45) is 0 Å². The third-order valence-electron chi connectivity index (χ3n) is 3.83. The Morgan fingerprint density at radius 3 is 2.69 bits per heavy atom. The van der Waals surface area contributed by atoms with Crippen LogP contribution < -0.4 is 9.46 Å². The highest BCUT2D eigenvalue weighted by Crippen LogP contribution is 2.24. The minimum atomic E-state index is -3.20. The second-order valence-electron chi connectivity index (χ2n) is 6.09. The Kier molecular flexibility index (Phi) is 7.06. The van der Waals surface area contributed by atoms with Gasteiger partial charge in [0.1, 0.15) is 5.75 Å². The van der Waals surface area contributed by atoms with Gasteiger partial charge in [0.15, 0.2) is 11.6 Å². The smallest absolute Gasteiger partial charge is 0.209 e. The third-order valence-corrected chi connectivity index (χ3v) is 6.59. The number of hydrogen-bond acceptors (Lipinski definition) is 8. The highest BCUT2D eigenvalue weighted by atomic mass is 32.2. The summed E-state index contributed by atoms with van der Waals surface area (Å²) in [5.41, 5.74) is 0.877. The number of Topliss-reactive ketones (excluding diaryl/α,β-unsaturated/α-hetero) is 1. The number of thioether (sulfide) groups is 1. The highest BCUT2D eigenvalue weighted by Gasteiger charge is 2.13. The van der Waals surface area contributed by atoms with E-state index in [1.807, 2.05) is 30.3 Å². The maximum Gasteiger partial charge on any atom is 0.209 e. The van der Waals surface area contributed by atoms with E-state index in [9.17, 15) is 13.2 Å². The van der Waals surface area contributed by atoms with E-state index in [4.69, 9.17) is 4.74 Å². The summed E-state index contributed by atoms with van der Waals surface area (Å²) in [6, 6.07) is 11.1. The molecule has 2 aromatic heterocycles. The molecule has 0 aliphatic rings. The number of aromatic amines is 1. The van der Waals surface area contributed by atoms with Gasteiger partial charge < -0.3 is 4.74 Å². The number of rotatable bonds is 10. The Hall–Kier alpha value is -2.21. The molecular formula is C18H20N4O4S3. The average molecular weight is 453 g/mol. The quantitative estimate of drug-likeness (QED) is 0.359. The molecule has 154 valence electrons. The van der Waals surface area contributed by atoms with Gasteiger partial charge >= 0.3 is 0 Å². The molecule has 0 aliphatic carbocycles. The lowest BCUT2D eigenvalue weighted by Crippen LogP contribution is -2.23. The first-order chi connectivity index (χ1) is 13.8. The van der Waals surface area contributed by atoms with Gasteiger partial charge in [0, 0.05) is 17.0 Å². The molecule has 29 heavy (non-hydrogen) atoms. The van der Waals surface area contributed by atoms with Crippen LogP contribution in [0.15, 0.2) is 41.6 Å². The van der Waals surface area contributed by atoms with E-state index in [0.717, 1.165) is 22.4 Å². The van der Waals surface area contributed by atoms with Gasteiger partial charge in [-0.05, 0) is 42.8 Å². The van der Waals surface area contributed by atoms with Crippen LogP contribution in [-0.4, -0.2) is 55.0 Å². The molecule has 0 amide bonds. The molecular weight excluding hydrogens is 432 g/mol. The van der Waals surface area contributed by atoms with Gasteiger partial charge in [-0.25, -0.2) is 18.1 Å². The van der Waals surface area contributed by atoms with Crippen molar-refractivity contribution in [2.75, 3.05) is 25.7 Å². The molecule has 3 rings (SSSR count). The van der Waals surface area contributed by atoms with Crippen LogP contribution in [0.25, 0.3) is 11.4 Å². The summed E-state index contributed by atoms with van der Waals surface area (Å²) in [6.45, 7) is 0.313. The van der Waals surface area contributed by atoms with E-state index in [1.54, 1.807) is 13.2 Å². The number of ether oxygens (including phenoxy) is 1. The van der Waals surface area contributed by atoms with Gasteiger partial charge in [0.25, 0.3) is 0 Å². The first kappa shape index (κ1) is 21.5. The van der Waals surface area contributed by atoms with Crippen molar-refractivity contribution in [2.45, 2.75) is 11.6 Å². The Balaban J connectivity index is 1.52. The number of hydrogen-bond donors (Lipinski definition) is 2. The zero-order valence-corrected chi connectivity index (χ0v) is 18.3. The molecule has 0 atom stereocenters. The number of methoxy groups -OCH3 is 1. The molecule has 3 aromatic rings. The number of ketones is 1. The topological polar surface area (TPSA) is 114 Å². The van der Waals surface area contributed by atoms with Crippen LogP contribution in [0.1, 0.15) is 14.5 Å². The summed E-state index contributed by atoms with van der Waals surface area (Å²) < 4.78 is 29.8. The Bertz CT molecular complexity index is 1070. The minimum Gasteiger partial charge on any atom is -0.497 e. The van der Waals surface area contributed by atoms with Crippen LogP contribution in [0.4, 0.5) is 0 Å². The molecule has 0 saturated carbocycles. The van der Waals surface area contributed by atoms with Gasteiger partial charge in [0.05, 0.1) is 24.0 Å². The fourth-order valence-corrected chi connectivity index (χ4v) is 4.60. The summed E-state index contributed by atoms with van der Waals surface area (Å²) in [6.07, 6.45) is 1.67. The second kappa shape index (κ2) is 9.53. The predicted molar refractivity (Wildman–Crippen MR) is 114 cm³/mol. The Morgan fingerprint density at radius 2 is 2.00 bits per heavy atom. The number of carbonyl (C=O) groups excluding carboxylic acids is 1. The standard InChI is InChI=1S/C18H20N4O4S3/c1-26-13-5-3-12(4-6-13)17-20-18(22-21-17)27-11-15(23)16-8-7-14(28-16)9-10-19-29(2,24)25/h3-8,19H,9-11H2,1-2H3,(H,20,21,22). The fraction of sp³-hybridized carbons (Fsp3) is 0.278. The number of nitrogens with one attached hydrogen (secondary N) is 2. The molecule has 2 N–H and O–H groups in total. The molecule has 0 bridgehead atoms. The van der Waals surface area contributed by atoms with E-state index in [0.29, 0.717) is 28.8 Å². The fourth-order valence-electron chi connectivity index (χ4n) is 2.41. The van der Waals surface area contributed by atoms with E-state index >= 15 is 0 Å². The summed E-state index contributed by atoms with van der Waals surface area (Å²) in [7, 11) is -1.59. The first-order valence-corrected chi connectivity index (χ1v) is 12.3. The van der Waals surface area contributed by atoms with Gasteiger partial charge in [0.2, 0.25) is 15.2 Å². The average Bonchev–Trinajstić information content (AvgIpc) is 3.35. The van der Waals surface area contributed by atoms with Crippen LogP contribution in [0.5, 0.6) is 5.75 Å². The van der Waals surface area contributed by atoms with Crippen LogP contribution in [0.3, 0.4) is 0 Å². The van der Waals surface area contributed by atoms with Gasteiger partial charge in [-0.1, -0.05) is 11.8 Å². The molecule has 1 aromatic carbocycles. The van der Waals surface area contributed by atoms with E-state index in [-0.39, 0.29) is 11.5 Å². The molecule has 0 spiro atoms. The van der Waals surface area contributed by atoms with E-state index < -0.39 is 10.0 Å². The van der Waals surface area contributed by atoms with Crippen molar-refractivity contribution in [1.82, 2.24) is 19.9 Å². The highest BCUT2D eigenvalue weighted by molar-refractivity contribution is 7.99. The van der Waals surface area contributed by atoms with Crippen molar-refractivity contribution in [3.63, 3.8) is 0 Å². The molecule has 0 aliphatic heterocycles. The molecule has 0 radical (unpaired) electrons. The number of nitrogens with zero attached hydrogens (tertiary/aromatic N) is 2. The number of carbonyl (C=O) groups is 1. The number of benzene rings is 1. The monoisotopic (exact) mass is 452 g/mol. The van der Waals surface area contributed by atoms with E-state index in [2.05, 4.69) is 19.9 Å². The van der Waals surface area contributed by atoms with Crippen LogP contribution in [0.2, 0.25) is 0 Å². The second-order valence-corrected chi connectivity index (χ2v) is 10.0. The summed E-state index contributed by atoms with van der Waals surface area (Å²) in [4.78, 5) is 18.4. The summed E-state index contributed by atoms with van der Waals surface area (Å²) in [5, 5.41) is 7.52. The maximum absolute atomic E-state index is 12.4. The number of sulfonamides is 1. The SMILES string of the molecule is COc1ccc(-c2nc(SCC(=O)c3ccc(CCNS(C)(=O)=O)s3)n[nH]2)cc1. The van der Waals surface area contributed by atoms with Gasteiger partial charge in [-0.15, -0.1) is 16.4 Å². The lowest BCUT2D eigenvalue weighted by atomic mass is 10.2. The maximum atomic E-state index is 12.4. The zero-order valence-electron chi connectivity index (χ0n) is 15.8. The number of H-pyrrole nitrogens is 1. The van der Waals surface area contributed by atoms with Crippen LogP contribution >= 0.6 is 23.1 Å². The van der Waals surface area contributed by atoms with Crippen molar-refractivity contribution in [3.8, 4) is 17.1 Å². The predicted octanol–water partition coefficient (Wildman–Crippen LogP) is 2.61. The molecule has 11 heteroatoms. The lowest BCUT2D eigenvalue weighted by Gasteiger charge is -2.00. The molecule has 0 unspecified atom stereocenters. The molecule has 0 fully saturated rings. The molecule has 0 saturated heterocycles. The van der Waals surface area contributed by atoms with Crippen molar-refractivity contribution >= 4 is 38.9 Å². The zero-order chi connectivity index (χ0) is 20.9. The molecule has 2 heterocycles.